The second-order valence-electron chi connectivity index (χ2n) is 5.65. The van der Waals surface area contributed by atoms with Gasteiger partial charge in [0.25, 0.3) is 0 Å². The molecule has 0 bridgehead atoms. The fourth-order valence-corrected chi connectivity index (χ4v) is 3.31. The molecular formula is C18H23NO2S. The van der Waals surface area contributed by atoms with Crippen molar-refractivity contribution in [1.29, 1.82) is 0 Å². The molecule has 0 spiro atoms. The van der Waals surface area contributed by atoms with Gasteiger partial charge < -0.3 is 9.64 Å². The highest BCUT2D eigenvalue weighted by Crippen LogP contribution is 2.21. The van der Waals surface area contributed by atoms with Gasteiger partial charge in [0.05, 0.1) is 12.4 Å². The van der Waals surface area contributed by atoms with Crippen molar-refractivity contribution >= 4 is 17.7 Å². The second kappa shape index (κ2) is 8.87. The van der Waals surface area contributed by atoms with Crippen LogP contribution < -0.4 is 0 Å². The summed E-state index contributed by atoms with van der Waals surface area (Å²) in [5, 5.41) is 0. The topological polar surface area (TPSA) is 29.5 Å². The number of carbonyl (C=O) groups is 1. The lowest BCUT2D eigenvalue weighted by Crippen LogP contribution is -2.40. The van der Waals surface area contributed by atoms with Crippen LogP contribution in [0.5, 0.6) is 0 Å². The van der Waals surface area contributed by atoms with E-state index in [1.807, 2.05) is 4.90 Å². The molecule has 1 heterocycles. The minimum absolute atomic E-state index is 0.230. The van der Waals surface area contributed by atoms with Gasteiger partial charge in [-0.15, -0.1) is 18.2 Å². The Morgan fingerprint density at radius 2 is 2.05 bits per heavy atom. The average Bonchev–Trinajstić information content (AvgIpc) is 2.55. The van der Waals surface area contributed by atoms with Crippen molar-refractivity contribution in [3.05, 3.63) is 29.8 Å². The molecule has 0 saturated carbocycles. The molecule has 0 N–H and O–H groups in total. The Balaban J connectivity index is 1.69. The molecule has 1 amide bonds. The Hall–Kier alpha value is -1.44. The Morgan fingerprint density at radius 1 is 1.36 bits per heavy atom. The Bertz CT molecular complexity index is 513. The van der Waals surface area contributed by atoms with Crippen LogP contribution in [0, 0.1) is 25.2 Å². The number of hydrogen-bond acceptors (Lipinski definition) is 3. The van der Waals surface area contributed by atoms with E-state index in [1.54, 1.807) is 11.8 Å². The third-order valence-electron chi connectivity index (χ3n) is 3.89. The van der Waals surface area contributed by atoms with Gasteiger partial charge in [-0.25, -0.2) is 0 Å². The van der Waals surface area contributed by atoms with Crippen LogP contribution in [0.1, 0.15) is 18.4 Å². The van der Waals surface area contributed by atoms with Crippen LogP contribution in [-0.2, 0) is 9.53 Å². The molecule has 1 saturated heterocycles. The molecule has 1 aliphatic rings. The monoisotopic (exact) mass is 317 g/mol. The first-order valence-electron chi connectivity index (χ1n) is 7.67. The molecule has 0 aromatic heterocycles. The highest BCUT2D eigenvalue weighted by atomic mass is 32.2. The normalized spacial score (nSPS) is 15.5. The number of rotatable bonds is 6. The number of amides is 1. The summed E-state index contributed by atoms with van der Waals surface area (Å²) in [6, 6.07) is 8.30. The number of hydrogen-bond donors (Lipinski definition) is 0. The molecule has 1 aromatic rings. The van der Waals surface area contributed by atoms with Crippen molar-refractivity contribution in [2.75, 3.05) is 32.1 Å². The Morgan fingerprint density at radius 3 is 2.68 bits per heavy atom. The summed E-state index contributed by atoms with van der Waals surface area (Å²) in [5.41, 5.74) is 1.24. The summed E-state index contributed by atoms with van der Waals surface area (Å²) >= 11 is 1.61. The summed E-state index contributed by atoms with van der Waals surface area (Å²) in [7, 11) is 0. The highest BCUT2D eigenvalue weighted by Gasteiger charge is 2.22. The first-order chi connectivity index (χ1) is 10.7. The van der Waals surface area contributed by atoms with E-state index in [4.69, 9.17) is 11.2 Å². The first kappa shape index (κ1) is 16.9. The number of aryl methyl sites for hydroxylation is 1. The van der Waals surface area contributed by atoms with E-state index < -0.39 is 0 Å². The Labute approximate surface area is 137 Å². The molecule has 2 rings (SSSR count). The van der Waals surface area contributed by atoms with Crippen molar-refractivity contribution in [3.63, 3.8) is 0 Å². The molecule has 1 aromatic carbocycles. The van der Waals surface area contributed by atoms with Crippen molar-refractivity contribution in [2.24, 2.45) is 5.92 Å². The number of carbonyl (C=O) groups excluding carboxylic acids is 1. The highest BCUT2D eigenvalue weighted by molar-refractivity contribution is 8.00. The van der Waals surface area contributed by atoms with Crippen LogP contribution in [-0.4, -0.2) is 42.9 Å². The molecule has 1 fully saturated rings. The van der Waals surface area contributed by atoms with Crippen molar-refractivity contribution < 1.29 is 9.53 Å². The van der Waals surface area contributed by atoms with Crippen LogP contribution in [0.3, 0.4) is 0 Å². The molecule has 0 radical (unpaired) electrons. The number of piperidine rings is 1. The molecule has 1 aliphatic heterocycles. The fraction of sp³-hybridized carbons (Fsp3) is 0.500. The summed E-state index contributed by atoms with van der Waals surface area (Å²) in [5.74, 6) is 3.76. The fourth-order valence-electron chi connectivity index (χ4n) is 2.50. The van der Waals surface area contributed by atoms with E-state index in [1.165, 1.54) is 5.56 Å². The number of benzene rings is 1. The zero-order chi connectivity index (χ0) is 15.8. The molecule has 0 aliphatic carbocycles. The van der Waals surface area contributed by atoms with Crippen LogP contribution in [0.2, 0.25) is 0 Å². The minimum Gasteiger partial charge on any atom is -0.369 e. The number of thioether (sulfide) groups is 1. The number of terminal acetylenes is 1. The number of nitrogens with zero attached hydrogens (tertiary/aromatic N) is 1. The summed E-state index contributed by atoms with van der Waals surface area (Å²) in [6.45, 7) is 4.82. The molecule has 22 heavy (non-hydrogen) atoms. The van der Waals surface area contributed by atoms with E-state index in [0.29, 0.717) is 24.9 Å². The van der Waals surface area contributed by atoms with Crippen LogP contribution in [0.4, 0.5) is 0 Å². The van der Waals surface area contributed by atoms with Crippen LogP contribution in [0.15, 0.2) is 29.2 Å². The summed E-state index contributed by atoms with van der Waals surface area (Å²) < 4.78 is 5.39. The van der Waals surface area contributed by atoms with Crippen LogP contribution in [0.25, 0.3) is 0 Å². The van der Waals surface area contributed by atoms with E-state index in [-0.39, 0.29) is 5.91 Å². The maximum atomic E-state index is 12.3. The lowest BCUT2D eigenvalue weighted by Gasteiger charge is -2.31. The third-order valence-corrected chi connectivity index (χ3v) is 4.89. The van der Waals surface area contributed by atoms with Gasteiger partial charge in [-0.2, -0.15) is 0 Å². The lowest BCUT2D eigenvalue weighted by atomic mass is 9.98. The van der Waals surface area contributed by atoms with Gasteiger partial charge in [-0.05, 0) is 37.8 Å². The van der Waals surface area contributed by atoms with Crippen molar-refractivity contribution in [1.82, 2.24) is 4.90 Å². The lowest BCUT2D eigenvalue weighted by molar-refractivity contribution is -0.130. The zero-order valence-electron chi connectivity index (χ0n) is 13.1. The second-order valence-corrected chi connectivity index (χ2v) is 6.69. The van der Waals surface area contributed by atoms with Gasteiger partial charge in [-0.1, -0.05) is 23.6 Å². The summed E-state index contributed by atoms with van der Waals surface area (Å²) in [6.07, 6.45) is 7.18. The standard InChI is InChI=1S/C18H23NO2S/c1-3-12-21-13-16-8-10-19(11-9-16)18(20)14-22-17-6-4-15(2)5-7-17/h1,4-7,16H,8-14H2,2H3. The maximum absolute atomic E-state index is 12.3. The average molecular weight is 317 g/mol. The minimum atomic E-state index is 0.230. The van der Waals surface area contributed by atoms with E-state index in [2.05, 4.69) is 37.1 Å². The molecule has 3 nitrogen and oxygen atoms in total. The summed E-state index contributed by atoms with van der Waals surface area (Å²) in [4.78, 5) is 15.4. The van der Waals surface area contributed by atoms with E-state index >= 15 is 0 Å². The van der Waals surface area contributed by atoms with Gasteiger partial charge in [-0.3, -0.25) is 4.79 Å². The Kier molecular flexibility index (Phi) is 6.82. The third kappa shape index (κ3) is 5.40. The quantitative estimate of drug-likeness (QED) is 0.459. The molecule has 0 atom stereocenters. The van der Waals surface area contributed by atoms with Crippen molar-refractivity contribution in [2.45, 2.75) is 24.7 Å². The molecule has 118 valence electrons. The molecule has 4 heteroatoms. The van der Waals surface area contributed by atoms with Gasteiger partial charge in [0.2, 0.25) is 5.91 Å². The SMILES string of the molecule is C#CCOCC1CCN(C(=O)CSc2ccc(C)cc2)CC1. The van der Waals surface area contributed by atoms with E-state index in [0.717, 1.165) is 30.8 Å². The number of likely N-dealkylation sites (tertiary alicyclic amines) is 1. The van der Waals surface area contributed by atoms with E-state index in [9.17, 15) is 4.79 Å². The number of ether oxygens (including phenoxy) is 1. The van der Waals surface area contributed by atoms with Gasteiger partial charge >= 0.3 is 0 Å². The van der Waals surface area contributed by atoms with Gasteiger partial charge in [0, 0.05) is 18.0 Å². The predicted octanol–water partition coefficient (Wildman–Crippen LogP) is 2.98. The first-order valence-corrected chi connectivity index (χ1v) is 8.66. The predicted molar refractivity (Wildman–Crippen MR) is 90.9 cm³/mol. The maximum Gasteiger partial charge on any atom is 0.232 e. The smallest absolute Gasteiger partial charge is 0.232 e. The van der Waals surface area contributed by atoms with Crippen LogP contribution >= 0.6 is 11.8 Å². The molecule has 0 unspecified atom stereocenters. The molecular weight excluding hydrogens is 294 g/mol. The largest absolute Gasteiger partial charge is 0.369 e. The van der Waals surface area contributed by atoms with Crippen molar-refractivity contribution in [3.8, 4) is 12.3 Å². The van der Waals surface area contributed by atoms with Gasteiger partial charge in [0.15, 0.2) is 0 Å². The zero-order valence-corrected chi connectivity index (χ0v) is 13.9. The van der Waals surface area contributed by atoms with Gasteiger partial charge in [0.1, 0.15) is 6.61 Å².